The number of nitrogens with zero attached hydrogens (tertiary/aromatic N) is 3. The summed E-state index contributed by atoms with van der Waals surface area (Å²) >= 11 is 5.93. The molecule has 2 radical (unpaired) electrons. The van der Waals surface area contributed by atoms with Crippen molar-refractivity contribution < 1.29 is 0 Å². The lowest BCUT2D eigenvalue weighted by Crippen LogP contribution is -2.00. The Morgan fingerprint density at radius 1 is 1.09 bits per heavy atom. The van der Waals surface area contributed by atoms with Gasteiger partial charge in [-0.1, -0.05) is 29.2 Å². The van der Waals surface area contributed by atoms with Gasteiger partial charge in [-0.05, 0) is 38.0 Å². The molecule has 0 N–H and O–H groups in total. The normalized spacial score (nSPS) is 13.5. The molecule has 1 fully saturated rings. The second-order valence-electron chi connectivity index (χ2n) is 5.40. The third kappa shape index (κ3) is 3.63. The van der Waals surface area contributed by atoms with Crippen molar-refractivity contribution in [1.29, 1.82) is 0 Å². The summed E-state index contributed by atoms with van der Waals surface area (Å²) < 4.78 is 0. The van der Waals surface area contributed by atoms with Crippen molar-refractivity contribution in [3.05, 3.63) is 59.3 Å². The third-order valence-corrected chi connectivity index (χ3v) is 3.80. The SMILES string of the molecule is Cc1ccnc(C2CC2)n1.[B]c1ccc2c(Cl)ccnc2c1. The van der Waals surface area contributed by atoms with Crippen LogP contribution in [-0.2, 0) is 0 Å². The zero-order chi connectivity index (χ0) is 15.5. The molecule has 0 amide bonds. The number of benzene rings is 1. The van der Waals surface area contributed by atoms with E-state index in [1.165, 1.54) is 12.8 Å². The van der Waals surface area contributed by atoms with Crippen LogP contribution in [-0.4, -0.2) is 22.8 Å². The van der Waals surface area contributed by atoms with E-state index in [0.29, 0.717) is 16.4 Å². The van der Waals surface area contributed by atoms with Crippen LogP contribution in [0.1, 0.15) is 30.3 Å². The van der Waals surface area contributed by atoms with Crippen molar-refractivity contribution in [3.63, 3.8) is 0 Å². The van der Waals surface area contributed by atoms with Crippen LogP contribution in [0.2, 0.25) is 5.02 Å². The minimum Gasteiger partial charge on any atom is -0.256 e. The molecule has 0 saturated heterocycles. The third-order valence-electron chi connectivity index (χ3n) is 3.47. The van der Waals surface area contributed by atoms with Gasteiger partial charge in [0, 0.05) is 29.4 Å². The van der Waals surface area contributed by atoms with Gasteiger partial charge in [-0.25, -0.2) is 9.97 Å². The zero-order valence-electron chi connectivity index (χ0n) is 12.3. The number of fused-ring (bicyclic) bond motifs is 1. The molecule has 5 heteroatoms. The summed E-state index contributed by atoms with van der Waals surface area (Å²) in [4.78, 5) is 12.7. The van der Waals surface area contributed by atoms with E-state index in [1.54, 1.807) is 18.3 Å². The van der Waals surface area contributed by atoms with Crippen LogP contribution < -0.4 is 5.46 Å². The number of hydrogen-bond acceptors (Lipinski definition) is 3. The van der Waals surface area contributed by atoms with E-state index in [4.69, 9.17) is 19.4 Å². The Bertz CT molecular complexity index is 803. The number of aromatic nitrogens is 3. The highest BCUT2D eigenvalue weighted by atomic mass is 35.5. The van der Waals surface area contributed by atoms with E-state index in [0.717, 1.165) is 22.4 Å². The van der Waals surface area contributed by atoms with Crippen LogP contribution in [0.15, 0.2) is 42.7 Å². The van der Waals surface area contributed by atoms with Crippen molar-refractivity contribution in [2.24, 2.45) is 0 Å². The Kier molecular flexibility index (Phi) is 4.39. The first-order valence-electron chi connectivity index (χ1n) is 7.23. The van der Waals surface area contributed by atoms with E-state index >= 15 is 0 Å². The maximum absolute atomic E-state index is 5.93. The highest BCUT2D eigenvalue weighted by Gasteiger charge is 2.25. The molecule has 0 spiro atoms. The second-order valence-corrected chi connectivity index (χ2v) is 5.81. The Morgan fingerprint density at radius 3 is 2.59 bits per heavy atom. The quantitative estimate of drug-likeness (QED) is 0.647. The number of aryl methyl sites for hydroxylation is 1. The first-order valence-corrected chi connectivity index (χ1v) is 7.60. The number of hydrogen-bond donors (Lipinski definition) is 0. The van der Waals surface area contributed by atoms with Crippen molar-refractivity contribution >= 4 is 35.8 Å². The van der Waals surface area contributed by atoms with Gasteiger partial charge in [-0.15, -0.1) is 0 Å². The largest absolute Gasteiger partial charge is 0.256 e. The predicted molar refractivity (Wildman–Crippen MR) is 90.9 cm³/mol. The molecule has 0 atom stereocenters. The molecule has 1 aromatic carbocycles. The van der Waals surface area contributed by atoms with Gasteiger partial charge in [0.2, 0.25) is 0 Å². The molecule has 1 saturated carbocycles. The van der Waals surface area contributed by atoms with Crippen LogP contribution in [0.3, 0.4) is 0 Å². The van der Waals surface area contributed by atoms with Gasteiger partial charge in [0.15, 0.2) is 0 Å². The van der Waals surface area contributed by atoms with Crippen LogP contribution in [0, 0.1) is 6.92 Å². The fourth-order valence-corrected chi connectivity index (χ4v) is 2.35. The molecule has 0 bridgehead atoms. The zero-order valence-corrected chi connectivity index (χ0v) is 13.1. The highest BCUT2D eigenvalue weighted by molar-refractivity contribution is 6.36. The molecular formula is C17H15BClN3. The minimum absolute atomic E-state index is 0.680. The summed E-state index contributed by atoms with van der Waals surface area (Å²) in [5, 5.41) is 1.65. The summed E-state index contributed by atoms with van der Waals surface area (Å²) in [6.07, 6.45) is 6.08. The average molecular weight is 308 g/mol. The van der Waals surface area contributed by atoms with Gasteiger partial charge in [0.25, 0.3) is 0 Å². The van der Waals surface area contributed by atoms with Gasteiger partial charge in [-0.2, -0.15) is 0 Å². The highest BCUT2D eigenvalue weighted by Crippen LogP contribution is 2.37. The van der Waals surface area contributed by atoms with E-state index in [1.807, 2.05) is 31.3 Å². The lowest BCUT2D eigenvalue weighted by molar-refractivity contribution is 0.906. The van der Waals surface area contributed by atoms with E-state index in [2.05, 4.69) is 15.0 Å². The van der Waals surface area contributed by atoms with Crippen molar-refractivity contribution in [3.8, 4) is 0 Å². The van der Waals surface area contributed by atoms with Crippen molar-refractivity contribution in [2.75, 3.05) is 0 Å². The maximum atomic E-state index is 5.93. The standard InChI is InChI=1S/C9H5BClN.C8H10N2/c10-6-1-2-7-8(11)3-4-12-9(7)5-6;1-6-4-5-9-8(10-6)7-2-3-7/h1-5H;4-5,7H,2-3H2,1H3. The molecule has 108 valence electrons. The summed E-state index contributed by atoms with van der Waals surface area (Å²) in [6.45, 7) is 2.01. The molecule has 1 aliphatic carbocycles. The molecule has 3 aromatic rings. The number of pyridine rings is 1. The van der Waals surface area contributed by atoms with Gasteiger partial charge < -0.3 is 0 Å². The van der Waals surface area contributed by atoms with Crippen LogP contribution in [0.25, 0.3) is 10.9 Å². The van der Waals surface area contributed by atoms with Gasteiger partial charge in [0.1, 0.15) is 13.7 Å². The summed E-state index contributed by atoms with van der Waals surface area (Å²) in [7, 11) is 5.59. The number of rotatable bonds is 1. The molecular weight excluding hydrogens is 292 g/mol. The van der Waals surface area contributed by atoms with Gasteiger partial charge in [-0.3, -0.25) is 4.98 Å². The molecule has 1 aliphatic rings. The Morgan fingerprint density at radius 2 is 1.86 bits per heavy atom. The molecule has 0 unspecified atom stereocenters. The van der Waals surface area contributed by atoms with E-state index in [-0.39, 0.29) is 0 Å². The lowest BCUT2D eigenvalue weighted by Gasteiger charge is -1.99. The predicted octanol–water partition coefficient (Wildman–Crippen LogP) is 3.34. The van der Waals surface area contributed by atoms with Gasteiger partial charge >= 0.3 is 0 Å². The fourth-order valence-electron chi connectivity index (χ4n) is 2.14. The van der Waals surface area contributed by atoms with E-state index in [9.17, 15) is 0 Å². The van der Waals surface area contributed by atoms with Crippen LogP contribution in [0.4, 0.5) is 0 Å². The topological polar surface area (TPSA) is 38.7 Å². The Balaban J connectivity index is 0.000000133. The summed E-state index contributed by atoms with van der Waals surface area (Å²) in [6, 6.07) is 9.20. The summed E-state index contributed by atoms with van der Waals surface area (Å²) in [5.41, 5.74) is 2.62. The molecule has 2 heterocycles. The smallest absolute Gasteiger partial charge is 0.131 e. The monoisotopic (exact) mass is 307 g/mol. The van der Waals surface area contributed by atoms with Crippen LogP contribution in [0.5, 0.6) is 0 Å². The molecule has 3 nitrogen and oxygen atoms in total. The second kappa shape index (κ2) is 6.45. The van der Waals surface area contributed by atoms with E-state index < -0.39 is 0 Å². The van der Waals surface area contributed by atoms with Crippen molar-refractivity contribution in [1.82, 2.24) is 15.0 Å². The number of halogens is 1. The first-order chi connectivity index (χ1) is 10.6. The maximum Gasteiger partial charge on any atom is 0.131 e. The lowest BCUT2D eigenvalue weighted by atomic mass is 9.95. The van der Waals surface area contributed by atoms with Gasteiger partial charge in [0.05, 0.1) is 10.5 Å². The molecule has 2 aromatic heterocycles. The van der Waals surface area contributed by atoms with Crippen molar-refractivity contribution in [2.45, 2.75) is 25.7 Å². The first kappa shape index (κ1) is 15.0. The average Bonchev–Trinajstić information content (AvgIpc) is 3.32. The van der Waals surface area contributed by atoms with Crippen LogP contribution >= 0.6 is 11.6 Å². The molecule has 22 heavy (non-hydrogen) atoms. The Labute approximate surface area is 136 Å². The molecule has 4 rings (SSSR count). The Hall–Kier alpha value is -1.94. The fraction of sp³-hybridized carbons (Fsp3) is 0.235. The minimum atomic E-state index is 0.680. The summed E-state index contributed by atoms with van der Waals surface area (Å²) in [5.74, 6) is 1.72. The molecule has 0 aliphatic heterocycles.